The van der Waals surface area contributed by atoms with E-state index >= 15 is 0 Å². The molecule has 2 heterocycles. The van der Waals surface area contributed by atoms with E-state index in [0.717, 1.165) is 22.3 Å². The van der Waals surface area contributed by atoms with Gasteiger partial charge in [0.25, 0.3) is 0 Å². The van der Waals surface area contributed by atoms with Crippen LogP contribution in [0.4, 0.5) is 0 Å². The van der Waals surface area contributed by atoms with Gasteiger partial charge in [-0.15, -0.1) is 0 Å². The zero-order valence-electron chi connectivity index (χ0n) is 15.5. The molecule has 28 heavy (non-hydrogen) atoms. The van der Waals surface area contributed by atoms with Crippen molar-refractivity contribution in [3.8, 4) is 5.75 Å². The minimum absolute atomic E-state index is 0.0163. The number of aryl methyl sites for hydroxylation is 1. The SMILES string of the molecule is Cc1ccc(C(=O)c2cccn2Cc2cnc3ccc(OCN)cc3n2)cc1. The van der Waals surface area contributed by atoms with E-state index in [1.54, 1.807) is 6.20 Å². The summed E-state index contributed by atoms with van der Waals surface area (Å²) < 4.78 is 7.21. The number of hydrogen-bond acceptors (Lipinski definition) is 5. The molecule has 0 fully saturated rings. The third kappa shape index (κ3) is 3.63. The molecule has 6 nitrogen and oxygen atoms in total. The Morgan fingerprint density at radius 3 is 2.71 bits per heavy atom. The molecule has 0 spiro atoms. The van der Waals surface area contributed by atoms with Gasteiger partial charge in [-0.25, -0.2) is 4.98 Å². The lowest BCUT2D eigenvalue weighted by atomic mass is 10.1. The summed E-state index contributed by atoms with van der Waals surface area (Å²) in [4.78, 5) is 22.0. The Labute approximate surface area is 162 Å². The van der Waals surface area contributed by atoms with Crippen LogP contribution in [0.3, 0.4) is 0 Å². The molecule has 0 unspecified atom stereocenters. The average Bonchev–Trinajstić information content (AvgIpc) is 3.16. The Balaban J connectivity index is 1.62. The number of fused-ring (bicyclic) bond motifs is 1. The molecule has 0 aliphatic carbocycles. The van der Waals surface area contributed by atoms with Crippen LogP contribution in [0.5, 0.6) is 5.75 Å². The van der Waals surface area contributed by atoms with Gasteiger partial charge in [-0.3, -0.25) is 15.5 Å². The van der Waals surface area contributed by atoms with Gasteiger partial charge in [0.15, 0.2) is 0 Å². The molecule has 0 aliphatic heterocycles. The Morgan fingerprint density at radius 2 is 1.93 bits per heavy atom. The summed E-state index contributed by atoms with van der Waals surface area (Å²) in [6, 6.07) is 16.7. The molecular weight excluding hydrogens is 352 g/mol. The lowest BCUT2D eigenvalue weighted by Gasteiger charge is -2.10. The number of nitrogens with zero attached hydrogens (tertiary/aromatic N) is 3. The van der Waals surface area contributed by atoms with Crippen molar-refractivity contribution >= 4 is 16.8 Å². The van der Waals surface area contributed by atoms with Crippen LogP contribution in [0.15, 0.2) is 67.0 Å². The van der Waals surface area contributed by atoms with Gasteiger partial charge in [0.2, 0.25) is 5.78 Å². The van der Waals surface area contributed by atoms with Crippen LogP contribution in [0, 0.1) is 6.92 Å². The van der Waals surface area contributed by atoms with Gasteiger partial charge in [-0.1, -0.05) is 29.8 Å². The normalized spacial score (nSPS) is 10.9. The maximum absolute atomic E-state index is 12.9. The molecule has 0 saturated carbocycles. The van der Waals surface area contributed by atoms with Crippen molar-refractivity contribution in [3.63, 3.8) is 0 Å². The Hall–Kier alpha value is -3.51. The van der Waals surface area contributed by atoms with E-state index < -0.39 is 0 Å². The number of carbonyl (C=O) groups excluding carboxylic acids is 1. The van der Waals surface area contributed by atoms with Gasteiger partial charge in [0.1, 0.15) is 12.5 Å². The third-order valence-electron chi connectivity index (χ3n) is 4.52. The predicted molar refractivity (Wildman–Crippen MR) is 107 cm³/mol. The first-order valence-corrected chi connectivity index (χ1v) is 8.99. The van der Waals surface area contributed by atoms with Crippen LogP contribution in [0.2, 0.25) is 0 Å². The molecule has 4 aromatic rings. The fourth-order valence-electron chi connectivity index (χ4n) is 3.08. The van der Waals surface area contributed by atoms with E-state index in [9.17, 15) is 4.79 Å². The van der Waals surface area contributed by atoms with Gasteiger partial charge < -0.3 is 9.30 Å². The summed E-state index contributed by atoms with van der Waals surface area (Å²) in [6.45, 7) is 2.55. The number of nitrogens with two attached hydrogens (primary N) is 1. The van der Waals surface area contributed by atoms with Crippen molar-refractivity contribution in [2.75, 3.05) is 6.73 Å². The fourth-order valence-corrected chi connectivity index (χ4v) is 3.08. The maximum Gasteiger partial charge on any atom is 0.209 e. The maximum atomic E-state index is 12.9. The van der Waals surface area contributed by atoms with Gasteiger partial charge in [-0.2, -0.15) is 0 Å². The van der Waals surface area contributed by atoms with Crippen LogP contribution in [-0.2, 0) is 6.54 Å². The number of ether oxygens (including phenoxy) is 1. The highest BCUT2D eigenvalue weighted by atomic mass is 16.5. The molecule has 0 atom stereocenters. The highest BCUT2D eigenvalue weighted by molar-refractivity contribution is 6.08. The molecule has 140 valence electrons. The third-order valence-corrected chi connectivity index (χ3v) is 4.52. The van der Waals surface area contributed by atoms with E-state index in [1.807, 2.05) is 72.3 Å². The summed E-state index contributed by atoms with van der Waals surface area (Å²) in [6.07, 6.45) is 3.60. The molecule has 0 amide bonds. The first kappa shape index (κ1) is 17.9. The molecule has 2 aromatic heterocycles. The van der Waals surface area contributed by atoms with Crippen LogP contribution in [0.1, 0.15) is 27.3 Å². The van der Waals surface area contributed by atoms with E-state index in [0.29, 0.717) is 23.6 Å². The Bertz CT molecular complexity index is 1130. The first-order valence-electron chi connectivity index (χ1n) is 8.99. The highest BCUT2D eigenvalue weighted by Gasteiger charge is 2.14. The van der Waals surface area contributed by atoms with Crippen LogP contribution >= 0.6 is 0 Å². The average molecular weight is 372 g/mol. The van der Waals surface area contributed by atoms with E-state index in [-0.39, 0.29) is 12.5 Å². The minimum atomic E-state index is -0.0163. The lowest BCUT2D eigenvalue weighted by molar-refractivity contribution is 0.103. The Morgan fingerprint density at radius 1 is 1.11 bits per heavy atom. The van der Waals surface area contributed by atoms with Crippen molar-refractivity contribution in [2.45, 2.75) is 13.5 Å². The zero-order valence-corrected chi connectivity index (χ0v) is 15.5. The lowest BCUT2D eigenvalue weighted by Crippen LogP contribution is -2.11. The molecule has 2 aromatic carbocycles. The zero-order chi connectivity index (χ0) is 19.5. The van der Waals surface area contributed by atoms with Crippen LogP contribution in [-0.4, -0.2) is 27.0 Å². The molecule has 0 radical (unpaired) electrons. The molecule has 6 heteroatoms. The second-order valence-corrected chi connectivity index (χ2v) is 6.54. The topological polar surface area (TPSA) is 83.0 Å². The fraction of sp³-hybridized carbons (Fsp3) is 0.136. The van der Waals surface area contributed by atoms with Crippen molar-refractivity contribution in [1.82, 2.24) is 14.5 Å². The van der Waals surface area contributed by atoms with Crippen molar-refractivity contribution in [1.29, 1.82) is 0 Å². The van der Waals surface area contributed by atoms with Crippen molar-refractivity contribution < 1.29 is 9.53 Å². The first-order chi connectivity index (χ1) is 13.6. The number of aromatic nitrogens is 3. The van der Waals surface area contributed by atoms with Crippen LogP contribution in [0.25, 0.3) is 11.0 Å². The van der Waals surface area contributed by atoms with Gasteiger partial charge >= 0.3 is 0 Å². The molecular formula is C22H20N4O2. The smallest absolute Gasteiger partial charge is 0.209 e. The highest BCUT2D eigenvalue weighted by Crippen LogP contribution is 2.19. The molecule has 4 rings (SSSR count). The standard InChI is InChI=1S/C22H20N4O2/c1-15-4-6-16(7-5-15)22(27)21-3-2-10-26(21)13-17-12-24-19-9-8-18(28-14-23)11-20(19)25-17/h2-12H,13-14,23H2,1H3. The van der Waals surface area contributed by atoms with Gasteiger partial charge in [-0.05, 0) is 31.2 Å². The van der Waals surface area contributed by atoms with Gasteiger partial charge in [0, 0.05) is 17.8 Å². The predicted octanol–water partition coefficient (Wildman–Crippen LogP) is 3.31. The summed E-state index contributed by atoms with van der Waals surface area (Å²) in [5.74, 6) is 0.634. The number of ketones is 1. The second kappa shape index (κ2) is 7.62. The number of rotatable bonds is 6. The molecule has 0 saturated heterocycles. The summed E-state index contributed by atoms with van der Waals surface area (Å²) in [5, 5.41) is 0. The monoisotopic (exact) mass is 372 g/mol. The molecule has 2 N–H and O–H groups in total. The number of carbonyl (C=O) groups is 1. The van der Waals surface area contributed by atoms with E-state index in [4.69, 9.17) is 10.5 Å². The van der Waals surface area contributed by atoms with E-state index in [2.05, 4.69) is 9.97 Å². The van der Waals surface area contributed by atoms with Crippen LogP contribution < -0.4 is 10.5 Å². The summed E-state index contributed by atoms with van der Waals surface area (Å²) in [5.41, 5.74) is 10.1. The number of hydrogen-bond donors (Lipinski definition) is 1. The summed E-state index contributed by atoms with van der Waals surface area (Å²) >= 11 is 0. The molecule has 0 aliphatic rings. The van der Waals surface area contributed by atoms with Crippen molar-refractivity contribution in [3.05, 3.63) is 89.5 Å². The minimum Gasteiger partial charge on any atom is -0.479 e. The molecule has 0 bridgehead atoms. The van der Waals surface area contributed by atoms with Crippen molar-refractivity contribution in [2.24, 2.45) is 5.73 Å². The summed E-state index contributed by atoms with van der Waals surface area (Å²) in [7, 11) is 0. The van der Waals surface area contributed by atoms with E-state index in [1.165, 1.54) is 0 Å². The second-order valence-electron chi connectivity index (χ2n) is 6.54. The number of benzene rings is 2. The van der Waals surface area contributed by atoms with Gasteiger partial charge in [0.05, 0.1) is 35.2 Å². The largest absolute Gasteiger partial charge is 0.479 e. The quantitative estimate of drug-likeness (QED) is 0.415. The Kier molecular flexibility index (Phi) is 4.87.